The molecule has 2 heterocycles. The molecule has 1 fully saturated rings. The average molecular weight is 195 g/mol. The second-order valence-electron chi connectivity index (χ2n) is 3.96. The normalized spacial score (nSPS) is 17.3. The van der Waals surface area contributed by atoms with Crippen LogP contribution in [0.25, 0.3) is 0 Å². The molecule has 1 saturated heterocycles. The van der Waals surface area contributed by atoms with Gasteiger partial charge in [-0.2, -0.15) is 0 Å². The fourth-order valence-corrected chi connectivity index (χ4v) is 1.41. The predicted molar refractivity (Wildman–Crippen MR) is 53.2 cm³/mol. The van der Waals surface area contributed by atoms with Crippen molar-refractivity contribution in [3.63, 3.8) is 0 Å². The number of rotatable bonds is 2. The van der Waals surface area contributed by atoms with E-state index < -0.39 is 6.17 Å². The molecule has 1 aromatic heterocycles. The molecule has 0 aromatic carbocycles. The highest BCUT2D eigenvalue weighted by atomic mass is 19.1. The summed E-state index contributed by atoms with van der Waals surface area (Å²) in [6.07, 6.45) is 2.76. The molecule has 1 aromatic rings. The van der Waals surface area contributed by atoms with E-state index in [-0.39, 0.29) is 0 Å². The van der Waals surface area contributed by atoms with Crippen molar-refractivity contribution in [3.8, 4) is 0 Å². The predicted octanol–water partition coefficient (Wildman–Crippen LogP) is 1.76. The second kappa shape index (κ2) is 3.52. The molecule has 3 nitrogen and oxygen atoms in total. The van der Waals surface area contributed by atoms with E-state index in [2.05, 4.69) is 23.8 Å². The first-order valence-electron chi connectivity index (χ1n) is 4.88. The summed E-state index contributed by atoms with van der Waals surface area (Å²) >= 11 is 0. The molecule has 2 rings (SSSR count). The van der Waals surface area contributed by atoms with E-state index >= 15 is 0 Å². The van der Waals surface area contributed by atoms with Crippen molar-refractivity contribution in [1.82, 2.24) is 9.97 Å². The van der Waals surface area contributed by atoms with Gasteiger partial charge in [-0.15, -0.1) is 0 Å². The number of nitrogens with zero attached hydrogens (tertiary/aromatic N) is 3. The molecule has 0 amide bonds. The van der Waals surface area contributed by atoms with Gasteiger partial charge in [0.25, 0.3) is 0 Å². The highest BCUT2D eigenvalue weighted by Crippen LogP contribution is 2.21. The number of aromatic nitrogens is 2. The van der Waals surface area contributed by atoms with Gasteiger partial charge in [0.2, 0.25) is 0 Å². The Morgan fingerprint density at radius 2 is 2.14 bits per heavy atom. The summed E-state index contributed by atoms with van der Waals surface area (Å²) in [6.45, 7) is 5.05. The van der Waals surface area contributed by atoms with Gasteiger partial charge < -0.3 is 4.90 Å². The van der Waals surface area contributed by atoms with Crippen LogP contribution in [0.5, 0.6) is 0 Å². The van der Waals surface area contributed by atoms with E-state index in [1.54, 1.807) is 12.4 Å². The van der Waals surface area contributed by atoms with Crippen LogP contribution in [0.15, 0.2) is 12.4 Å². The lowest BCUT2D eigenvalue weighted by atomic mass is 10.1. The monoisotopic (exact) mass is 195 g/mol. The van der Waals surface area contributed by atoms with Gasteiger partial charge in [0, 0.05) is 6.20 Å². The lowest BCUT2D eigenvalue weighted by molar-refractivity contribution is 0.273. The van der Waals surface area contributed by atoms with Crippen molar-refractivity contribution in [2.45, 2.75) is 25.9 Å². The average Bonchev–Trinajstić information content (AvgIpc) is 2.13. The molecule has 0 saturated carbocycles. The third-order valence-electron chi connectivity index (χ3n) is 2.39. The van der Waals surface area contributed by atoms with E-state index in [0.717, 1.165) is 11.5 Å². The van der Waals surface area contributed by atoms with Gasteiger partial charge in [0.1, 0.15) is 12.0 Å². The van der Waals surface area contributed by atoms with Crippen LogP contribution in [0.3, 0.4) is 0 Å². The first-order valence-corrected chi connectivity index (χ1v) is 4.88. The molecule has 76 valence electrons. The molecule has 4 heteroatoms. The van der Waals surface area contributed by atoms with Crippen LogP contribution in [0.4, 0.5) is 10.2 Å². The number of hydrogen-bond acceptors (Lipinski definition) is 3. The Morgan fingerprint density at radius 1 is 1.43 bits per heavy atom. The van der Waals surface area contributed by atoms with E-state index in [0.29, 0.717) is 19.0 Å². The van der Waals surface area contributed by atoms with Crippen molar-refractivity contribution in [3.05, 3.63) is 18.1 Å². The fraction of sp³-hybridized carbons (Fsp3) is 0.600. The zero-order chi connectivity index (χ0) is 10.1. The molecule has 0 radical (unpaired) electrons. The SMILES string of the molecule is CC(C)c1cncc(N2CC(F)C2)n1. The topological polar surface area (TPSA) is 29.0 Å². The number of halogens is 1. The van der Waals surface area contributed by atoms with Crippen molar-refractivity contribution >= 4 is 5.82 Å². The van der Waals surface area contributed by atoms with Gasteiger partial charge in [-0.25, -0.2) is 9.37 Å². The summed E-state index contributed by atoms with van der Waals surface area (Å²) < 4.78 is 12.6. The first-order chi connectivity index (χ1) is 6.66. The Hall–Kier alpha value is -1.19. The molecule has 0 spiro atoms. The molecule has 0 aliphatic carbocycles. The molecule has 0 unspecified atom stereocenters. The lowest BCUT2D eigenvalue weighted by Crippen LogP contribution is -2.48. The number of alkyl halides is 1. The van der Waals surface area contributed by atoms with Crippen molar-refractivity contribution < 1.29 is 4.39 Å². The fourth-order valence-electron chi connectivity index (χ4n) is 1.41. The zero-order valence-electron chi connectivity index (χ0n) is 8.44. The van der Waals surface area contributed by atoms with Crippen LogP contribution in [0.1, 0.15) is 25.5 Å². The number of anilines is 1. The molecule has 14 heavy (non-hydrogen) atoms. The smallest absolute Gasteiger partial charge is 0.147 e. The first kappa shape index (κ1) is 9.37. The maximum absolute atomic E-state index is 12.6. The highest BCUT2D eigenvalue weighted by molar-refractivity contribution is 5.40. The molecule has 0 bridgehead atoms. The highest BCUT2D eigenvalue weighted by Gasteiger charge is 2.27. The van der Waals surface area contributed by atoms with E-state index in [1.807, 2.05) is 4.90 Å². The Bertz CT molecular complexity index is 321. The van der Waals surface area contributed by atoms with Gasteiger partial charge in [0.15, 0.2) is 0 Å². The maximum Gasteiger partial charge on any atom is 0.147 e. The largest absolute Gasteiger partial charge is 0.349 e. The van der Waals surface area contributed by atoms with Gasteiger partial charge in [-0.1, -0.05) is 13.8 Å². The van der Waals surface area contributed by atoms with Crippen molar-refractivity contribution in [2.75, 3.05) is 18.0 Å². The van der Waals surface area contributed by atoms with Crippen LogP contribution in [-0.4, -0.2) is 29.2 Å². The minimum absolute atomic E-state index is 0.366. The molecule has 1 aliphatic heterocycles. The zero-order valence-corrected chi connectivity index (χ0v) is 8.44. The molecule has 0 N–H and O–H groups in total. The summed E-state index contributed by atoms with van der Waals surface area (Å²) in [5, 5.41) is 0. The van der Waals surface area contributed by atoms with Gasteiger partial charge >= 0.3 is 0 Å². The number of hydrogen-bond donors (Lipinski definition) is 0. The summed E-state index contributed by atoms with van der Waals surface area (Å²) in [4.78, 5) is 10.4. The Labute approximate surface area is 83.0 Å². The third kappa shape index (κ3) is 1.69. The Kier molecular flexibility index (Phi) is 2.35. The minimum atomic E-state index is -0.695. The van der Waals surface area contributed by atoms with Crippen LogP contribution in [0.2, 0.25) is 0 Å². The van der Waals surface area contributed by atoms with Crippen molar-refractivity contribution in [1.29, 1.82) is 0 Å². The minimum Gasteiger partial charge on any atom is -0.349 e. The van der Waals surface area contributed by atoms with Crippen LogP contribution >= 0.6 is 0 Å². The van der Waals surface area contributed by atoms with E-state index in [4.69, 9.17) is 0 Å². The molecule has 1 aliphatic rings. The molecule has 0 atom stereocenters. The lowest BCUT2D eigenvalue weighted by Gasteiger charge is -2.35. The van der Waals surface area contributed by atoms with Gasteiger partial charge in [-0.05, 0) is 5.92 Å². The van der Waals surface area contributed by atoms with Crippen molar-refractivity contribution in [2.24, 2.45) is 0 Å². The Morgan fingerprint density at radius 3 is 2.71 bits per heavy atom. The second-order valence-corrected chi connectivity index (χ2v) is 3.96. The van der Waals surface area contributed by atoms with Crippen LogP contribution < -0.4 is 4.90 Å². The Balaban J connectivity index is 2.14. The van der Waals surface area contributed by atoms with Crippen LogP contribution in [-0.2, 0) is 0 Å². The van der Waals surface area contributed by atoms with Gasteiger partial charge in [-0.3, -0.25) is 4.98 Å². The molecular weight excluding hydrogens is 181 g/mol. The third-order valence-corrected chi connectivity index (χ3v) is 2.39. The summed E-state index contributed by atoms with van der Waals surface area (Å²) in [6, 6.07) is 0. The maximum atomic E-state index is 12.6. The van der Waals surface area contributed by atoms with Gasteiger partial charge in [0.05, 0.1) is 25.0 Å². The van der Waals surface area contributed by atoms with Crippen LogP contribution in [0, 0.1) is 0 Å². The summed E-state index contributed by atoms with van der Waals surface area (Å²) in [5.74, 6) is 1.16. The standard InChI is InChI=1S/C10H14FN3/c1-7(2)9-3-12-4-10(13-9)14-5-8(11)6-14/h3-4,7-8H,5-6H2,1-2H3. The quantitative estimate of drug-likeness (QED) is 0.720. The van der Waals surface area contributed by atoms with E-state index in [1.165, 1.54) is 0 Å². The van der Waals surface area contributed by atoms with E-state index in [9.17, 15) is 4.39 Å². The summed E-state index contributed by atoms with van der Waals surface area (Å²) in [5.41, 5.74) is 0.963. The summed E-state index contributed by atoms with van der Waals surface area (Å²) in [7, 11) is 0. The molecular formula is C10H14FN3.